The predicted octanol–water partition coefficient (Wildman–Crippen LogP) is 3.49. The number of benzene rings is 1. The summed E-state index contributed by atoms with van der Waals surface area (Å²) in [4.78, 5) is 13.1. The van der Waals surface area contributed by atoms with Gasteiger partial charge < -0.3 is 15.4 Å². The van der Waals surface area contributed by atoms with Crippen LogP contribution in [0.1, 0.15) is 46.4 Å². The highest BCUT2D eigenvalue weighted by Gasteiger charge is 2.45. The van der Waals surface area contributed by atoms with E-state index in [4.69, 9.17) is 9.84 Å². The predicted molar refractivity (Wildman–Crippen MR) is 108 cm³/mol. The van der Waals surface area contributed by atoms with Crippen LogP contribution in [0, 0.1) is 5.92 Å². The molecule has 1 atom stereocenters. The fraction of sp³-hybridized carbons (Fsp3) is 0.545. The highest BCUT2D eigenvalue weighted by Crippen LogP contribution is 2.39. The van der Waals surface area contributed by atoms with Gasteiger partial charge in [0.05, 0.1) is 11.2 Å². The van der Waals surface area contributed by atoms with Crippen LogP contribution in [0.5, 0.6) is 5.75 Å². The Morgan fingerprint density at radius 2 is 2.03 bits per heavy atom. The van der Waals surface area contributed by atoms with Gasteiger partial charge in [-0.1, -0.05) is 18.9 Å². The van der Waals surface area contributed by atoms with E-state index in [1.165, 1.54) is 12.8 Å². The molecule has 1 saturated carbocycles. The summed E-state index contributed by atoms with van der Waals surface area (Å²) in [6.07, 6.45) is 0.980. The third kappa shape index (κ3) is 3.97. The topological polar surface area (TPSA) is 68.2 Å². The SMILES string of the molecule is CNc1c2c(nn1CCC1CC1)CC1(Cc3ccc(OCC(F)(F)F)cc3C1)NC2=O. The van der Waals surface area contributed by atoms with E-state index in [1.54, 1.807) is 25.2 Å². The van der Waals surface area contributed by atoms with E-state index in [0.29, 0.717) is 24.8 Å². The summed E-state index contributed by atoms with van der Waals surface area (Å²) in [6, 6.07) is 5.01. The Labute approximate surface area is 178 Å². The molecule has 5 rings (SSSR count). The summed E-state index contributed by atoms with van der Waals surface area (Å²) >= 11 is 0. The number of nitrogens with one attached hydrogen (secondary N) is 2. The van der Waals surface area contributed by atoms with Gasteiger partial charge in [0.2, 0.25) is 0 Å². The molecule has 0 saturated heterocycles. The van der Waals surface area contributed by atoms with Crippen LogP contribution in [-0.2, 0) is 25.8 Å². The molecule has 1 aromatic carbocycles. The highest BCUT2D eigenvalue weighted by molar-refractivity contribution is 6.01. The van der Waals surface area contributed by atoms with Crippen molar-refractivity contribution in [2.45, 2.75) is 56.8 Å². The molecule has 31 heavy (non-hydrogen) atoms. The minimum absolute atomic E-state index is 0.148. The van der Waals surface area contributed by atoms with Gasteiger partial charge in [0.15, 0.2) is 6.61 Å². The molecule has 1 aromatic heterocycles. The fourth-order valence-corrected chi connectivity index (χ4v) is 4.87. The maximum atomic E-state index is 13.1. The van der Waals surface area contributed by atoms with Crippen LogP contribution in [0.3, 0.4) is 0 Å². The number of anilines is 1. The summed E-state index contributed by atoms with van der Waals surface area (Å²) in [7, 11) is 1.80. The van der Waals surface area contributed by atoms with Crippen molar-refractivity contribution >= 4 is 11.7 Å². The van der Waals surface area contributed by atoms with Crippen molar-refractivity contribution in [2.24, 2.45) is 5.92 Å². The van der Waals surface area contributed by atoms with Crippen LogP contribution in [0.15, 0.2) is 18.2 Å². The Kier molecular flexibility index (Phi) is 4.67. The number of fused-ring (bicyclic) bond motifs is 2. The number of nitrogens with zero attached hydrogens (tertiary/aromatic N) is 2. The van der Waals surface area contributed by atoms with Gasteiger partial charge in [-0.15, -0.1) is 0 Å². The summed E-state index contributed by atoms with van der Waals surface area (Å²) in [6.45, 7) is -0.531. The summed E-state index contributed by atoms with van der Waals surface area (Å²) in [5, 5.41) is 11.1. The zero-order valence-corrected chi connectivity index (χ0v) is 17.3. The second-order valence-electron chi connectivity index (χ2n) is 8.97. The largest absolute Gasteiger partial charge is 0.484 e. The molecule has 0 radical (unpaired) electrons. The number of amides is 1. The lowest BCUT2D eigenvalue weighted by Gasteiger charge is -2.33. The number of alkyl halides is 3. The van der Waals surface area contributed by atoms with Crippen LogP contribution in [0.25, 0.3) is 0 Å². The standard InChI is InChI=1S/C22H25F3N4O2/c1-26-19-18-17(28-29(19)7-6-13-2-3-13)11-21(27-20(18)30)9-14-4-5-16(8-15(14)10-21)31-12-22(23,24)25/h4-5,8,13,26H,2-3,6-7,9-12H2,1H3,(H,27,30). The molecule has 2 aromatic rings. The zero-order chi connectivity index (χ0) is 21.8. The molecule has 1 fully saturated rings. The van der Waals surface area contributed by atoms with Crippen molar-refractivity contribution in [3.8, 4) is 5.75 Å². The smallest absolute Gasteiger partial charge is 0.422 e. The number of aryl methyl sites for hydroxylation is 1. The number of ether oxygens (including phenoxy) is 1. The molecular weight excluding hydrogens is 409 g/mol. The Bertz CT molecular complexity index is 1030. The normalized spacial score (nSPS) is 22.3. The number of hydrogen-bond donors (Lipinski definition) is 2. The van der Waals surface area contributed by atoms with Crippen LogP contribution in [-0.4, -0.2) is 41.1 Å². The Morgan fingerprint density at radius 1 is 1.26 bits per heavy atom. The van der Waals surface area contributed by atoms with E-state index in [-0.39, 0.29) is 11.7 Å². The number of rotatable bonds is 6. The van der Waals surface area contributed by atoms with Gasteiger partial charge >= 0.3 is 6.18 Å². The Hall–Kier alpha value is -2.71. The third-order valence-corrected chi connectivity index (χ3v) is 6.46. The van der Waals surface area contributed by atoms with E-state index in [9.17, 15) is 18.0 Å². The van der Waals surface area contributed by atoms with Gasteiger partial charge in [-0.2, -0.15) is 18.3 Å². The van der Waals surface area contributed by atoms with E-state index in [2.05, 4.69) is 10.6 Å². The summed E-state index contributed by atoms with van der Waals surface area (Å²) in [5.41, 5.74) is 2.81. The molecule has 2 N–H and O–H groups in total. The molecule has 1 unspecified atom stereocenters. The zero-order valence-electron chi connectivity index (χ0n) is 17.3. The molecule has 166 valence electrons. The van der Waals surface area contributed by atoms with Crippen molar-refractivity contribution in [3.05, 3.63) is 40.6 Å². The van der Waals surface area contributed by atoms with Gasteiger partial charge in [-0.25, -0.2) is 4.68 Å². The van der Waals surface area contributed by atoms with E-state index < -0.39 is 18.3 Å². The summed E-state index contributed by atoms with van der Waals surface area (Å²) in [5.74, 6) is 1.56. The van der Waals surface area contributed by atoms with Gasteiger partial charge in [0, 0.05) is 20.0 Å². The molecule has 1 spiro atoms. The van der Waals surface area contributed by atoms with E-state index >= 15 is 0 Å². The first-order valence-electron chi connectivity index (χ1n) is 10.7. The van der Waals surface area contributed by atoms with Crippen LogP contribution >= 0.6 is 0 Å². The average Bonchev–Trinajstić information content (AvgIpc) is 3.37. The quantitative estimate of drug-likeness (QED) is 0.731. The molecule has 6 nitrogen and oxygen atoms in total. The minimum Gasteiger partial charge on any atom is -0.484 e. The van der Waals surface area contributed by atoms with Crippen LogP contribution < -0.4 is 15.4 Å². The number of halogens is 3. The molecule has 1 amide bonds. The second-order valence-corrected chi connectivity index (χ2v) is 8.97. The minimum atomic E-state index is -4.38. The number of hydrogen-bond acceptors (Lipinski definition) is 4. The molecule has 0 bridgehead atoms. The first-order chi connectivity index (χ1) is 14.8. The van der Waals surface area contributed by atoms with Gasteiger partial charge in [0.25, 0.3) is 5.91 Å². The van der Waals surface area contributed by atoms with Crippen LogP contribution in [0.4, 0.5) is 19.0 Å². The van der Waals surface area contributed by atoms with Gasteiger partial charge in [-0.05, 0) is 48.4 Å². The lowest BCUT2D eigenvalue weighted by Crippen LogP contribution is -2.54. The van der Waals surface area contributed by atoms with Crippen molar-refractivity contribution in [1.29, 1.82) is 0 Å². The van der Waals surface area contributed by atoms with Crippen molar-refractivity contribution in [1.82, 2.24) is 15.1 Å². The second kappa shape index (κ2) is 7.17. The Balaban J connectivity index is 1.36. The third-order valence-electron chi connectivity index (χ3n) is 6.46. The van der Waals surface area contributed by atoms with E-state index in [0.717, 1.165) is 41.5 Å². The summed E-state index contributed by atoms with van der Waals surface area (Å²) < 4.78 is 44.2. The lowest BCUT2D eigenvalue weighted by molar-refractivity contribution is -0.153. The fourth-order valence-electron chi connectivity index (χ4n) is 4.87. The molecule has 2 aliphatic carbocycles. The highest BCUT2D eigenvalue weighted by atomic mass is 19.4. The van der Waals surface area contributed by atoms with Gasteiger partial charge in [-0.3, -0.25) is 4.79 Å². The first-order valence-corrected chi connectivity index (χ1v) is 10.7. The molecule has 9 heteroatoms. The van der Waals surface area contributed by atoms with Crippen molar-refractivity contribution < 1.29 is 22.7 Å². The Morgan fingerprint density at radius 3 is 2.74 bits per heavy atom. The maximum absolute atomic E-state index is 13.1. The van der Waals surface area contributed by atoms with Crippen molar-refractivity contribution in [2.75, 3.05) is 19.0 Å². The maximum Gasteiger partial charge on any atom is 0.422 e. The monoisotopic (exact) mass is 434 g/mol. The van der Waals surface area contributed by atoms with Crippen LogP contribution in [0.2, 0.25) is 0 Å². The first kappa shape index (κ1) is 20.2. The molecule has 2 heterocycles. The number of aromatic nitrogens is 2. The lowest BCUT2D eigenvalue weighted by atomic mass is 9.85. The van der Waals surface area contributed by atoms with Gasteiger partial charge in [0.1, 0.15) is 17.1 Å². The molecule has 1 aliphatic heterocycles. The number of carbonyl (C=O) groups is 1. The van der Waals surface area contributed by atoms with E-state index in [1.807, 2.05) is 4.68 Å². The molecular formula is C22H25F3N4O2. The molecule has 3 aliphatic rings. The van der Waals surface area contributed by atoms with Crippen molar-refractivity contribution in [3.63, 3.8) is 0 Å². The average molecular weight is 434 g/mol. The number of carbonyl (C=O) groups excluding carboxylic acids is 1.